The molecule has 0 atom stereocenters. The van der Waals surface area contributed by atoms with E-state index in [-0.39, 0.29) is 11.6 Å². The van der Waals surface area contributed by atoms with Crippen molar-refractivity contribution in [2.45, 2.75) is 26.3 Å². The Balaban J connectivity index is 3.29. The van der Waals surface area contributed by atoms with Crippen LogP contribution >= 0.6 is 0 Å². The maximum atomic E-state index is 13.4. The highest BCUT2D eigenvalue weighted by molar-refractivity contribution is 5.39. The first-order chi connectivity index (χ1) is 6.36. The standard InChI is InChI=1S/C11H16FNO/c1-7-5-10(14-4)9(12)6-8(7)11(2,3)13/h5-6H,13H2,1-4H3. The molecular formula is C11H16FNO. The summed E-state index contributed by atoms with van der Waals surface area (Å²) in [6, 6.07) is 3.10. The monoisotopic (exact) mass is 197 g/mol. The number of rotatable bonds is 2. The maximum absolute atomic E-state index is 13.4. The van der Waals surface area contributed by atoms with Crippen molar-refractivity contribution in [3.05, 3.63) is 29.1 Å². The van der Waals surface area contributed by atoms with E-state index in [1.807, 2.05) is 20.8 Å². The lowest BCUT2D eigenvalue weighted by Gasteiger charge is -2.22. The first-order valence-corrected chi connectivity index (χ1v) is 4.49. The van der Waals surface area contributed by atoms with E-state index in [0.717, 1.165) is 11.1 Å². The van der Waals surface area contributed by atoms with Crippen molar-refractivity contribution in [2.75, 3.05) is 7.11 Å². The fourth-order valence-electron chi connectivity index (χ4n) is 1.51. The third-order valence-electron chi connectivity index (χ3n) is 2.19. The molecule has 0 fully saturated rings. The fourth-order valence-corrected chi connectivity index (χ4v) is 1.51. The molecule has 0 aliphatic carbocycles. The molecule has 0 aliphatic heterocycles. The van der Waals surface area contributed by atoms with Crippen molar-refractivity contribution in [3.8, 4) is 5.75 Å². The molecule has 0 spiro atoms. The van der Waals surface area contributed by atoms with Crippen LogP contribution in [0.25, 0.3) is 0 Å². The molecule has 3 heteroatoms. The second-order valence-electron chi connectivity index (χ2n) is 4.02. The van der Waals surface area contributed by atoms with E-state index in [9.17, 15) is 4.39 Å². The average molecular weight is 197 g/mol. The summed E-state index contributed by atoms with van der Waals surface area (Å²) >= 11 is 0. The molecule has 1 aromatic carbocycles. The van der Waals surface area contributed by atoms with Crippen molar-refractivity contribution < 1.29 is 9.13 Å². The second kappa shape index (κ2) is 3.58. The summed E-state index contributed by atoms with van der Waals surface area (Å²) in [5.41, 5.74) is 7.12. The summed E-state index contributed by atoms with van der Waals surface area (Å²) in [6.45, 7) is 5.59. The Morgan fingerprint density at radius 1 is 1.36 bits per heavy atom. The van der Waals surface area contributed by atoms with Gasteiger partial charge in [0.2, 0.25) is 0 Å². The lowest BCUT2D eigenvalue weighted by Crippen LogP contribution is -2.29. The van der Waals surface area contributed by atoms with Crippen molar-refractivity contribution in [1.29, 1.82) is 0 Å². The second-order valence-corrected chi connectivity index (χ2v) is 4.02. The highest BCUT2D eigenvalue weighted by Crippen LogP contribution is 2.27. The number of ether oxygens (including phenoxy) is 1. The van der Waals surface area contributed by atoms with Crippen LogP contribution in [-0.2, 0) is 5.54 Å². The van der Waals surface area contributed by atoms with Gasteiger partial charge in [-0.2, -0.15) is 0 Å². The molecule has 1 rings (SSSR count). The van der Waals surface area contributed by atoms with Crippen molar-refractivity contribution in [3.63, 3.8) is 0 Å². The van der Waals surface area contributed by atoms with Gasteiger partial charge in [0.25, 0.3) is 0 Å². The van der Waals surface area contributed by atoms with Crippen molar-refractivity contribution in [1.82, 2.24) is 0 Å². The maximum Gasteiger partial charge on any atom is 0.165 e. The Morgan fingerprint density at radius 2 is 1.93 bits per heavy atom. The molecule has 0 bridgehead atoms. The predicted molar refractivity (Wildman–Crippen MR) is 54.9 cm³/mol. The number of hydrogen-bond acceptors (Lipinski definition) is 2. The van der Waals surface area contributed by atoms with Gasteiger partial charge in [-0.15, -0.1) is 0 Å². The summed E-state index contributed by atoms with van der Waals surface area (Å²) in [5, 5.41) is 0. The first-order valence-electron chi connectivity index (χ1n) is 4.49. The Morgan fingerprint density at radius 3 is 2.36 bits per heavy atom. The lowest BCUT2D eigenvalue weighted by molar-refractivity contribution is 0.384. The minimum absolute atomic E-state index is 0.260. The Kier molecular flexibility index (Phi) is 2.81. The first kappa shape index (κ1) is 11.0. The zero-order valence-electron chi connectivity index (χ0n) is 9.02. The topological polar surface area (TPSA) is 35.2 Å². The molecular weight excluding hydrogens is 181 g/mol. The van der Waals surface area contributed by atoms with E-state index in [1.54, 1.807) is 6.07 Å². The van der Waals surface area contributed by atoms with Gasteiger partial charge >= 0.3 is 0 Å². The molecule has 0 radical (unpaired) electrons. The number of benzene rings is 1. The van der Waals surface area contributed by atoms with Crippen molar-refractivity contribution in [2.24, 2.45) is 5.73 Å². The Labute approximate surface area is 83.9 Å². The summed E-state index contributed by atoms with van der Waals surface area (Å²) in [5.74, 6) is -0.109. The van der Waals surface area contributed by atoms with E-state index in [1.165, 1.54) is 13.2 Å². The number of hydrogen-bond donors (Lipinski definition) is 1. The van der Waals surface area contributed by atoms with E-state index >= 15 is 0 Å². The third kappa shape index (κ3) is 2.04. The predicted octanol–water partition coefficient (Wildman–Crippen LogP) is 2.34. The number of halogens is 1. The van der Waals surface area contributed by atoms with Crippen LogP contribution in [0.15, 0.2) is 12.1 Å². The van der Waals surface area contributed by atoms with Gasteiger partial charge < -0.3 is 10.5 Å². The zero-order chi connectivity index (χ0) is 10.9. The van der Waals surface area contributed by atoms with Gasteiger partial charge in [0.15, 0.2) is 11.6 Å². The highest BCUT2D eigenvalue weighted by Gasteiger charge is 2.19. The quantitative estimate of drug-likeness (QED) is 0.789. The minimum Gasteiger partial charge on any atom is -0.494 e. The van der Waals surface area contributed by atoms with E-state index in [2.05, 4.69) is 0 Å². The van der Waals surface area contributed by atoms with Gasteiger partial charge in [0.05, 0.1) is 7.11 Å². The number of nitrogens with two attached hydrogens (primary N) is 1. The summed E-state index contributed by atoms with van der Waals surface area (Å²) in [7, 11) is 1.45. The summed E-state index contributed by atoms with van der Waals surface area (Å²) in [6.07, 6.45) is 0. The summed E-state index contributed by atoms with van der Waals surface area (Å²) in [4.78, 5) is 0. The van der Waals surface area contributed by atoms with Gasteiger partial charge in [0.1, 0.15) is 0 Å². The van der Waals surface area contributed by atoms with Gasteiger partial charge in [-0.25, -0.2) is 4.39 Å². The van der Waals surface area contributed by atoms with Crippen LogP contribution in [0.2, 0.25) is 0 Å². The molecule has 0 saturated heterocycles. The molecule has 78 valence electrons. The number of methoxy groups -OCH3 is 1. The highest BCUT2D eigenvalue weighted by atomic mass is 19.1. The fraction of sp³-hybridized carbons (Fsp3) is 0.455. The SMILES string of the molecule is COc1cc(C)c(C(C)(C)N)cc1F. The van der Waals surface area contributed by atoms with Gasteiger partial charge in [-0.05, 0) is 44.0 Å². The van der Waals surface area contributed by atoms with Crippen LogP contribution in [-0.4, -0.2) is 7.11 Å². The van der Waals surface area contributed by atoms with Crippen LogP contribution in [0.1, 0.15) is 25.0 Å². The third-order valence-corrected chi connectivity index (χ3v) is 2.19. The van der Waals surface area contributed by atoms with Crippen LogP contribution in [0.5, 0.6) is 5.75 Å². The van der Waals surface area contributed by atoms with Crippen LogP contribution in [0, 0.1) is 12.7 Å². The Bertz CT molecular complexity index is 342. The normalized spacial score (nSPS) is 11.6. The van der Waals surface area contributed by atoms with E-state index in [0.29, 0.717) is 0 Å². The smallest absolute Gasteiger partial charge is 0.165 e. The van der Waals surface area contributed by atoms with Gasteiger partial charge in [-0.1, -0.05) is 0 Å². The number of aryl methyl sites for hydroxylation is 1. The zero-order valence-corrected chi connectivity index (χ0v) is 9.02. The molecule has 0 unspecified atom stereocenters. The van der Waals surface area contributed by atoms with Crippen LogP contribution in [0.4, 0.5) is 4.39 Å². The molecule has 0 aliphatic rings. The lowest BCUT2D eigenvalue weighted by atomic mass is 9.91. The summed E-state index contributed by atoms with van der Waals surface area (Å²) < 4.78 is 18.3. The molecule has 0 aromatic heterocycles. The molecule has 14 heavy (non-hydrogen) atoms. The van der Waals surface area contributed by atoms with E-state index in [4.69, 9.17) is 10.5 Å². The molecule has 0 saturated carbocycles. The van der Waals surface area contributed by atoms with Gasteiger partial charge in [0, 0.05) is 5.54 Å². The molecule has 1 aromatic rings. The largest absolute Gasteiger partial charge is 0.494 e. The van der Waals surface area contributed by atoms with Crippen LogP contribution in [0.3, 0.4) is 0 Å². The van der Waals surface area contributed by atoms with Gasteiger partial charge in [-0.3, -0.25) is 0 Å². The Hall–Kier alpha value is -1.09. The molecule has 2 nitrogen and oxygen atoms in total. The minimum atomic E-state index is -0.531. The average Bonchev–Trinajstić information content (AvgIpc) is 2.06. The van der Waals surface area contributed by atoms with Crippen molar-refractivity contribution >= 4 is 0 Å². The van der Waals surface area contributed by atoms with E-state index < -0.39 is 5.54 Å². The molecule has 2 N–H and O–H groups in total. The molecule has 0 amide bonds. The molecule has 0 heterocycles. The van der Waals surface area contributed by atoms with Crippen LogP contribution < -0.4 is 10.5 Å².